The number of rotatable bonds is 5. The van der Waals surface area contributed by atoms with Gasteiger partial charge in [-0.15, -0.1) is 0 Å². The number of fused-ring (bicyclic) bond motifs is 2. The Morgan fingerprint density at radius 1 is 1.30 bits per heavy atom. The predicted molar refractivity (Wildman–Crippen MR) is 121 cm³/mol. The maximum atomic E-state index is 13.3. The smallest absolute Gasteiger partial charge is 0.347 e. The average molecular weight is 445 g/mol. The zero-order valence-electron chi connectivity index (χ0n) is 18.4. The van der Waals surface area contributed by atoms with Gasteiger partial charge in [0, 0.05) is 42.0 Å². The summed E-state index contributed by atoms with van der Waals surface area (Å²) in [5.41, 5.74) is 3.57. The highest BCUT2D eigenvalue weighted by molar-refractivity contribution is 6.26. The monoisotopic (exact) mass is 445 g/mol. The number of aromatic amines is 1. The number of H-pyrrole nitrogens is 1. The lowest BCUT2D eigenvalue weighted by molar-refractivity contribution is -0.139. The lowest BCUT2D eigenvalue weighted by atomic mass is 9.98. The van der Waals surface area contributed by atoms with Gasteiger partial charge in [0.15, 0.2) is 11.3 Å². The van der Waals surface area contributed by atoms with E-state index in [1.54, 1.807) is 32.5 Å². The van der Waals surface area contributed by atoms with Crippen LogP contribution in [0.25, 0.3) is 17.1 Å². The van der Waals surface area contributed by atoms with Crippen molar-refractivity contribution in [1.29, 1.82) is 0 Å². The topological polar surface area (TPSA) is 93.8 Å². The van der Waals surface area contributed by atoms with Crippen molar-refractivity contribution < 1.29 is 23.8 Å². The Kier molecular flexibility index (Phi) is 5.34. The van der Waals surface area contributed by atoms with Crippen molar-refractivity contribution in [1.82, 2.24) is 14.9 Å². The number of methoxy groups -OCH3 is 1. The number of Topliss-reactive ketones (excluding diaryl/α,β-unsaturated/α-hetero) is 1. The number of carbonyl (C=O) groups is 2. The zero-order valence-corrected chi connectivity index (χ0v) is 18.4. The maximum absolute atomic E-state index is 13.3. The quantitative estimate of drug-likeness (QED) is 0.366. The Morgan fingerprint density at radius 2 is 2.18 bits per heavy atom. The first kappa shape index (κ1) is 20.8. The lowest BCUT2D eigenvalue weighted by Gasteiger charge is -2.31. The lowest BCUT2D eigenvalue weighted by Crippen LogP contribution is -2.32. The average Bonchev–Trinajstić information content (AvgIpc) is 3.39. The third-order valence-electron chi connectivity index (χ3n) is 5.85. The molecule has 0 bridgehead atoms. The van der Waals surface area contributed by atoms with Crippen LogP contribution in [0.2, 0.25) is 0 Å². The summed E-state index contributed by atoms with van der Waals surface area (Å²) >= 11 is 0. The van der Waals surface area contributed by atoms with Gasteiger partial charge < -0.3 is 24.1 Å². The molecule has 2 aromatic heterocycles. The molecule has 0 saturated carbocycles. The third-order valence-corrected chi connectivity index (χ3v) is 5.85. The van der Waals surface area contributed by atoms with Crippen LogP contribution in [-0.4, -0.2) is 46.9 Å². The van der Waals surface area contributed by atoms with Crippen molar-refractivity contribution in [2.24, 2.45) is 0 Å². The second-order valence-corrected chi connectivity index (χ2v) is 7.75. The Bertz CT molecular complexity index is 1320. The first-order valence-electron chi connectivity index (χ1n) is 10.8. The van der Waals surface area contributed by atoms with Crippen LogP contribution in [0.15, 0.2) is 59.9 Å². The molecule has 0 aliphatic carbocycles. The minimum Gasteiger partial charge on any atom is -0.496 e. The molecule has 8 heteroatoms. The van der Waals surface area contributed by atoms with Crippen LogP contribution in [0, 0.1) is 0 Å². The number of allylic oxidation sites excluding steroid dienone is 1. The molecule has 4 heterocycles. The number of benzene rings is 1. The number of esters is 1. The number of pyridine rings is 1. The van der Waals surface area contributed by atoms with Crippen LogP contribution in [0.5, 0.6) is 5.75 Å². The summed E-state index contributed by atoms with van der Waals surface area (Å²) in [4.78, 5) is 35.3. The van der Waals surface area contributed by atoms with E-state index in [0.717, 1.165) is 27.8 Å². The Morgan fingerprint density at radius 3 is 3.00 bits per heavy atom. The fourth-order valence-corrected chi connectivity index (χ4v) is 4.30. The highest BCUT2D eigenvalue weighted by Crippen LogP contribution is 2.35. The van der Waals surface area contributed by atoms with Crippen LogP contribution >= 0.6 is 0 Å². The van der Waals surface area contributed by atoms with Crippen molar-refractivity contribution in [3.8, 4) is 5.75 Å². The maximum Gasteiger partial charge on any atom is 0.347 e. The van der Waals surface area contributed by atoms with E-state index in [0.29, 0.717) is 25.2 Å². The van der Waals surface area contributed by atoms with Gasteiger partial charge in [0.1, 0.15) is 11.4 Å². The fourth-order valence-electron chi connectivity index (χ4n) is 4.30. The molecule has 0 fully saturated rings. The van der Waals surface area contributed by atoms with E-state index < -0.39 is 11.8 Å². The number of hydrogen-bond acceptors (Lipinski definition) is 7. The second kappa shape index (κ2) is 8.46. The summed E-state index contributed by atoms with van der Waals surface area (Å²) in [5.74, 6) is -0.0230. The van der Waals surface area contributed by atoms with E-state index in [1.807, 2.05) is 35.2 Å². The highest BCUT2D eigenvalue weighted by atomic mass is 16.5. The largest absolute Gasteiger partial charge is 0.496 e. The molecule has 2 aliphatic heterocycles. The molecule has 0 saturated heterocycles. The van der Waals surface area contributed by atoms with Crippen molar-refractivity contribution in [3.05, 3.63) is 76.6 Å². The second-order valence-electron chi connectivity index (χ2n) is 7.75. The van der Waals surface area contributed by atoms with E-state index in [2.05, 4.69) is 9.97 Å². The Hall–Kier alpha value is -4.07. The number of ether oxygens (including phenoxy) is 3. The molecule has 0 spiro atoms. The standard InChI is InChI=1S/C25H23N3O5/c1-3-32-25(30)21-22(29)20(12-16-13-27-23-18(16)7-5-10-26-23)33-24(21)28-11-9-17-15(14-28)6-4-8-19(17)31-2/h4-8,10,12-13H,3,9,11,14H2,1-2H3,(H,26,27)/b20-12-. The van der Waals surface area contributed by atoms with Gasteiger partial charge in [0.05, 0.1) is 13.7 Å². The van der Waals surface area contributed by atoms with Crippen LogP contribution in [0.3, 0.4) is 0 Å². The number of nitrogens with zero attached hydrogens (tertiary/aromatic N) is 2. The van der Waals surface area contributed by atoms with Crippen molar-refractivity contribution in [2.75, 3.05) is 20.3 Å². The molecular weight excluding hydrogens is 422 g/mol. The molecule has 0 atom stereocenters. The molecule has 5 rings (SSSR count). The number of nitrogens with one attached hydrogen (secondary N) is 1. The van der Waals surface area contributed by atoms with Gasteiger partial charge in [0.25, 0.3) is 0 Å². The van der Waals surface area contributed by atoms with Crippen LogP contribution in [0.4, 0.5) is 0 Å². The van der Waals surface area contributed by atoms with E-state index in [9.17, 15) is 9.59 Å². The van der Waals surface area contributed by atoms with Crippen molar-refractivity contribution in [3.63, 3.8) is 0 Å². The molecule has 8 nitrogen and oxygen atoms in total. The molecule has 0 unspecified atom stereocenters. The third kappa shape index (κ3) is 3.63. The van der Waals surface area contributed by atoms with Gasteiger partial charge >= 0.3 is 5.97 Å². The van der Waals surface area contributed by atoms with Gasteiger partial charge in [-0.05, 0) is 43.2 Å². The van der Waals surface area contributed by atoms with Gasteiger partial charge in [-0.3, -0.25) is 4.79 Å². The summed E-state index contributed by atoms with van der Waals surface area (Å²) in [6.07, 6.45) is 5.78. The van der Waals surface area contributed by atoms with Crippen LogP contribution in [-0.2, 0) is 32.0 Å². The van der Waals surface area contributed by atoms with E-state index in [-0.39, 0.29) is 23.8 Å². The first-order chi connectivity index (χ1) is 16.1. The van der Waals surface area contributed by atoms with Crippen molar-refractivity contribution in [2.45, 2.75) is 19.9 Å². The number of aromatic nitrogens is 2. The molecule has 2 aliphatic rings. The number of ketones is 1. The predicted octanol–water partition coefficient (Wildman–Crippen LogP) is 3.34. The molecular formula is C25H23N3O5. The number of hydrogen-bond donors (Lipinski definition) is 1. The molecule has 33 heavy (non-hydrogen) atoms. The fraction of sp³-hybridized carbons (Fsp3) is 0.240. The van der Waals surface area contributed by atoms with Gasteiger partial charge in [-0.25, -0.2) is 9.78 Å². The molecule has 0 radical (unpaired) electrons. The van der Waals surface area contributed by atoms with Gasteiger partial charge in [-0.1, -0.05) is 12.1 Å². The zero-order chi connectivity index (χ0) is 22.9. The summed E-state index contributed by atoms with van der Waals surface area (Å²) in [6.45, 7) is 2.93. The summed E-state index contributed by atoms with van der Waals surface area (Å²) in [7, 11) is 1.65. The normalized spacial score (nSPS) is 16.8. The van der Waals surface area contributed by atoms with E-state index >= 15 is 0 Å². The molecule has 3 aromatic rings. The highest BCUT2D eigenvalue weighted by Gasteiger charge is 2.40. The van der Waals surface area contributed by atoms with Gasteiger partial charge in [-0.2, -0.15) is 0 Å². The van der Waals surface area contributed by atoms with Crippen LogP contribution in [0.1, 0.15) is 23.6 Å². The summed E-state index contributed by atoms with van der Waals surface area (Å²) < 4.78 is 16.7. The van der Waals surface area contributed by atoms with E-state index in [1.165, 1.54) is 0 Å². The molecule has 0 amide bonds. The SMILES string of the molecule is CCOC(=O)C1=C(N2CCc3c(cccc3OC)C2)O/C(=C\c2c[nH]c3ncccc23)C1=O. The summed E-state index contributed by atoms with van der Waals surface area (Å²) in [6, 6.07) is 9.60. The minimum absolute atomic E-state index is 0.0765. The van der Waals surface area contributed by atoms with E-state index in [4.69, 9.17) is 14.2 Å². The van der Waals surface area contributed by atoms with Crippen molar-refractivity contribution >= 4 is 28.9 Å². The molecule has 1 N–H and O–H groups in total. The summed E-state index contributed by atoms with van der Waals surface area (Å²) in [5, 5.41) is 0.853. The minimum atomic E-state index is -0.682. The van der Waals surface area contributed by atoms with Gasteiger partial charge in [0.2, 0.25) is 11.7 Å². The molecule has 1 aromatic carbocycles. The Labute approximate surface area is 190 Å². The Balaban J connectivity index is 1.51. The van der Waals surface area contributed by atoms with Crippen LogP contribution < -0.4 is 4.74 Å². The molecule has 168 valence electrons. The first-order valence-corrected chi connectivity index (χ1v) is 10.8. The number of carbonyl (C=O) groups excluding carboxylic acids is 2.